The highest BCUT2D eigenvalue weighted by molar-refractivity contribution is 5.81. The molecule has 0 bridgehead atoms. The number of carbonyl (C=O) groups excluding carboxylic acids is 1. The summed E-state index contributed by atoms with van der Waals surface area (Å²) in [6, 6.07) is 15.2. The second-order valence-corrected chi connectivity index (χ2v) is 8.59. The molecule has 0 atom stereocenters. The zero-order valence-electron chi connectivity index (χ0n) is 16.4. The van der Waals surface area contributed by atoms with E-state index in [9.17, 15) is 4.79 Å². The van der Waals surface area contributed by atoms with Gasteiger partial charge in [-0.15, -0.1) is 0 Å². The largest absolute Gasteiger partial charge is 0.345 e. The van der Waals surface area contributed by atoms with Crippen molar-refractivity contribution < 1.29 is 4.79 Å². The second-order valence-electron chi connectivity index (χ2n) is 8.59. The van der Waals surface area contributed by atoms with Gasteiger partial charge in [-0.25, -0.2) is 0 Å². The molecule has 26 heavy (non-hydrogen) atoms. The van der Waals surface area contributed by atoms with Gasteiger partial charge < -0.3 is 9.47 Å². The fraction of sp³-hybridized carbons (Fsp3) is 0.522. The molecule has 3 heteroatoms. The molecule has 0 radical (unpaired) electrons. The van der Waals surface area contributed by atoms with Gasteiger partial charge in [-0.05, 0) is 30.5 Å². The summed E-state index contributed by atoms with van der Waals surface area (Å²) >= 11 is 0. The number of rotatable bonds is 5. The van der Waals surface area contributed by atoms with Crippen LogP contribution in [0.4, 0.5) is 0 Å². The van der Waals surface area contributed by atoms with E-state index in [0.717, 1.165) is 19.4 Å². The Bertz CT molecular complexity index is 705. The van der Waals surface area contributed by atoms with Gasteiger partial charge in [-0.2, -0.15) is 0 Å². The molecule has 1 saturated carbocycles. The summed E-state index contributed by atoms with van der Waals surface area (Å²) in [7, 11) is 0. The molecule has 1 aromatic heterocycles. The fourth-order valence-electron chi connectivity index (χ4n) is 3.89. The van der Waals surface area contributed by atoms with Gasteiger partial charge in [0, 0.05) is 29.9 Å². The van der Waals surface area contributed by atoms with Crippen LogP contribution in [0.3, 0.4) is 0 Å². The number of hydrogen-bond acceptors (Lipinski definition) is 1. The van der Waals surface area contributed by atoms with E-state index in [1.54, 1.807) is 0 Å². The zero-order chi connectivity index (χ0) is 18.6. The number of hydrogen-bond donors (Lipinski definition) is 0. The Hall–Kier alpha value is -2.03. The van der Waals surface area contributed by atoms with Gasteiger partial charge in [-0.3, -0.25) is 4.79 Å². The van der Waals surface area contributed by atoms with Crippen molar-refractivity contribution in [3.8, 4) is 0 Å². The van der Waals surface area contributed by atoms with Crippen molar-refractivity contribution in [2.24, 2.45) is 5.41 Å². The lowest BCUT2D eigenvalue weighted by Gasteiger charge is -2.38. The molecule has 3 rings (SSSR count). The van der Waals surface area contributed by atoms with Gasteiger partial charge in [0.1, 0.15) is 0 Å². The number of aromatic nitrogens is 1. The van der Waals surface area contributed by atoms with Crippen molar-refractivity contribution >= 4 is 5.91 Å². The molecule has 1 aromatic carbocycles. The minimum Gasteiger partial charge on any atom is -0.345 e. The predicted octanol–water partition coefficient (Wildman–Crippen LogP) is 5.24. The molecule has 2 aromatic rings. The summed E-state index contributed by atoms with van der Waals surface area (Å²) in [6.07, 6.45) is 8.19. The number of nitrogens with zero attached hydrogens (tertiary/aromatic N) is 2. The zero-order valence-corrected chi connectivity index (χ0v) is 16.4. The lowest BCUT2D eigenvalue weighted by Crippen LogP contribution is -2.46. The molecule has 1 aliphatic rings. The van der Waals surface area contributed by atoms with Crippen molar-refractivity contribution in [1.82, 2.24) is 9.47 Å². The van der Waals surface area contributed by atoms with E-state index in [1.807, 2.05) is 26.8 Å². The molecule has 0 unspecified atom stereocenters. The molecule has 1 fully saturated rings. The van der Waals surface area contributed by atoms with E-state index < -0.39 is 0 Å². The Balaban J connectivity index is 1.81. The minimum atomic E-state index is -0.339. The van der Waals surface area contributed by atoms with Crippen LogP contribution in [0.15, 0.2) is 48.7 Å². The maximum absolute atomic E-state index is 13.2. The van der Waals surface area contributed by atoms with Crippen LogP contribution in [0.25, 0.3) is 0 Å². The van der Waals surface area contributed by atoms with Gasteiger partial charge in [0.15, 0.2) is 0 Å². The molecule has 140 valence electrons. The molecule has 1 heterocycles. The van der Waals surface area contributed by atoms with Gasteiger partial charge in [0.25, 0.3) is 0 Å². The predicted molar refractivity (Wildman–Crippen MR) is 107 cm³/mol. The van der Waals surface area contributed by atoms with E-state index in [-0.39, 0.29) is 11.3 Å². The van der Waals surface area contributed by atoms with E-state index in [0.29, 0.717) is 12.6 Å². The maximum Gasteiger partial charge on any atom is 0.228 e. The molecule has 0 N–H and O–H groups in total. The van der Waals surface area contributed by atoms with Gasteiger partial charge >= 0.3 is 0 Å². The van der Waals surface area contributed by atoms with Crippen molar-refractivity contribution in [1.29, 1.82) is 0 Å². The summed E-state index contributed by atoms with van der Waals surface area (Å²) in [4.78, 5) is 15.3. The summed E-state index contributed by atoms with van der Waals surface area (Å²) in [5, 5.41) is 0. The molecule has 0 aliphatic heterocycles. The minimum absolute atomic E-state index is 0.275. The average Bonchev–Trinajstić information content (AvgIpc) is 3.06. The average molecular weight is 353 g/mol. The third-order valence-electron chi connectivity index (χ3n) is 5.37. The summed E-state index contributed by atoms with van der Waals surface area (Å²) < 4.78 is 2.28. The van der Waals surface area contributed by atoms with E-state index in [2.05, 4.69) is 52.1 Å². The van der Waals surface area contributed by atoms with Crippen LogP contribution in [0.2, 0.25) is 0 Å². The molecule has 3 nitrogen and oxygen atoms in total. The Kier molecular flexibility index (Phi) is 5.85. The van der Waals surface area contributed by atoms with E-state index in [1.165, 1.54) is 30.5 Å². The lowest BCUT2D eigenvalue weighted by molar-refractivity contribution is -0.143. The first kappa shape index (κ1) is 18.8. The van der Waals surface area contributed by atoms with Crippen LogP contribution in [0.1, 0.15) is 64.1 Å². The molecule has 0 spiro atoms. The molecular formula is C23H32N2O. The summed E-state index contributed by atoms with van der Waals surface area (Å²) in [5.74, 6) is 0.275. The second kappa shape index (κ2) is 8.11. The highest BCUT2D eigenvalue weighted by Gasteiger charge is 2.33. The van der Waals surface area contributed by atoms with Gasteiger partial charge in [0.05, 0.1) is 6.54 Å². The Morgan fingerprint density at radius 1 is 1.04 bits per heavy atom. The van der Waals surface area contributed by atoms with Crippen LogP contribution in [0.5, 0.6) is 0 Å². The first-order valence-electron chi connectivity index (χ1n) is 9.94. The number of carbonyl (C=O) groups is 1. The van der Waals surface area contributed by atoms with Gasteiger partial charge in [0.2, 0.25) is 5.91 Å². The Labute approximate surface area is 158 Å². The van der Waals surface area contributed by atoms with Crippen molar-refractivity contribution in [3.05, 3.63) is 59.9 Å². The van der Waals surface area contributed by atoms with Crippen molar-refractivity contribution in [3.63, 3.8) is 0 Å². The molecular weight excluding hydrogens is 320 g/mol. The third kappa shape index (κ3) is 4.57. The third-order valence-corrected chi connectivity index (χ3v) is 5.37. The molecule has 0 saturated heterocycles. The highest BCUT2D eigenvalue weighted by Crippen LogP contribution is 2.29. The van der Waals surface area contributed by atoms with Crippen LogP contribution in [0, 0.1) is 5.41 Å². The smallest absolute Gasteiger partial charge is 0.228 e. The van der Waals surface area contributed by atoms with Gasteiger partial charge in [-0.1, -0.05) is 70.4 Å². The normalized spacial score (nSPS) is 15.8. The molecule has 1 aliphatic carbocycles. The number of amides is 1. The van der Waals surface area contributed by atoms with Crippen LogP contribution in [-0.2, 0) is 17.9 Å². The quantitative estimate of drug-likeness (QED) is 0.722. The lowest BCUT2D eigenvalue weighted by atomic mass is 9.89. The first-order chi connectivity index (χ1) is 12.4. The van der Waals surface area contributed by atoms with Crippen molar-refractivity contribution in [2.75, 3.05) is 0 Å². The van der Waals surface area contributed by atoms with Crippen LogP contribution >= 0.6 is 0 Å². The topological polar surface area (TPSA) is 25.2 Å². The highest BCUT2D eigenvalue weighted by atomic mass is 16.2. The monoisotopic (exact) mass is 352 g/mol. The Morgan fingerprint density at radius 2 is 1.73 bits per heavy atom. The fourth-order valence-corrected chi connectivity index (χ4v) is 3.89. The van der Waals surface area contributed by atoms with Crippen LogP contribution < -0.4 is 0 Å². The maximum atomic E-state index is 13.2. The molecule has 1 amide bonds. The van der Waals surface area contributed by atoms with E-state index >= 15 is 0 Å². The SMILES string of the molecule is CC(C)(C)C(=O)N(Cc1cccn1Cc1ccccc1)C1CCCCC1. The Morgan fingerprint density at radius 3 is 2.38 bits per heavy atom. The van der Waals surface area contributed by atoms with E-state index in [4.69, 9.17) is 0 Å². The standard InChI is InChI=1S/C23H32N2O/c1-23(2,3)22(26)25(20-13-8-5-9-14-20)18-21-15-10-16-24(21)17-19-11-6-4-7-12-19/h4,6-7,10-12,15-16,20H,5,8-9,13-14,17-18H2,1-3H3. The first-order valence-corrected chi connectivity index (χ1v) is 9.94. The number of benzene rings is 1. The summed E-state index contributed by atoms with van der Waals surface area (Å²) in [6.45, 7) is 7.67. The summed E-state index contributed by atoms with van der Waals surface area (Å²) in [5.41, 5.74) is 2.17. The van der Waals surface area contributed by atoms with Crippen molar-refractivity contribution in [2.45, 2.75) is 72.0 Å². The van der Waals surface area contributed by atoms with Crippen LogP contribution in [-0.4, -0.2) is 21.4 Å².